The van der Waals surface area contributed by atoms with Crippen LogP contribution >= 0.6 is 11.8 Å². The molecule has 0 fully saturated rings. The Labute approximate surface area is 140 Å². The SMILES string of the molecule is CCn1ccnc1SCCCOc1ccc2c(c1)CCC(=O)N2. The van der Waals surface area contributed by atoms with Crippen LogP contribution in [0, 0.1) is 0 Å². The molecule has 5 nitrogen and oxygen atoms in total. The van der Waals surface area contributed by atoms with Gasteiger partial charge in [0.05, 0.1) is 6.61 Å². The molecular weight excluding hydrogens is 310 g/mol. The van der Waals surface area contributed by atoms with Gasteiger partial charge in [0.2, 0.25) is 5.91 Å². The lowest BCUT2D eigenvalue weighted by atomic mass is 10.0. The summed E-state index contributed by atoms with van der Waals surface area (Å²) >= 11 is 1.76. The zero-order valence-corrected chi connectivity index (χ0v) is 14.1. The Kier molecular flexibility index (Phi) is 5.23. The zero-order valence-electron chi connectivity index (χ0n) is 13.2. The van der Waals surface area contributed by atoms with Crippen LogP contribution in [0.15, 0.2) is 35.7 Å². The largest absolute Gasteiger partial charge is 0.494 e. The summed E-state index contributed by atoms with van der Waals surface area (Å²) in [4.78, 5) is 15.7. The van der Waals surface area contributed by atoms with E-state index in [4.69, 9.17) is 4.74 Å². The highest BCUT2D eigenvalue weighted by atomic mass is 32.2. The zero-order chi connectivity index (χ0) is 16.1. The van der Waals surface area contributed by atoms with Crippen LogP contribution in [0.5, 0.6) is 5.75 Å². The van der Waals surface area contributed by atoms with Gasteiger partial charge in [-0.3, -0.25) is 4.79 Å². The number of hydrogen-bond acceptors (Lipinski definition) is 4. The number of carbonyl (C=O) groups excluding carboxylic acids is 1. The number of aromatic nitrogens is 2. The van der Waals surface area contributed by atoms with E-state index in [0.717, 1.165) is 47.3 Å². The Morgan fingerprint density at radius 1 is 1.39 bits per heavy atom. The molecule has 122 valence electrons. The number of benzene rings is 1. The molecule has 0 atom stereocenters. The smallest absolute Gasteiger partial charge is 0.224 e. The van der Waals surface area contributed by atoms with Crippen LogP contribution in [-0.2, 0) is 17.8 Å². The molecule has 6 heteroatoms. The van der Waals surface area contributed by atoms with Gasteiger partial charge in [0.25, 0.3) is 0 Å². The number of thioether (sulfide) groups is 1. The summed E-state index contributed by atoms with van der Waals surface area (Å²) in [7, 11) is 0. The highest BCUT2D eigenvalue weighted by Gasteiger charge is 2.14. The first-order valence-electron chi connectivity index (χ1n) is 7.96. The minimum absolute atomic E-state index is 0.0913. The van der Waals surface area contributed by atoms with Gasteiger partial charge in [-0.1, -0.05) is 11.8 Å². The van der Waals surface area contributed by atoms with E-state index in [1.54, 1.807) is 11.8 Å². The van der Waals surface area contributed by atoms with Crippen molar-refractivity contribution in [2.24, 2.45) is 0 Å². The first-order valence-corrected chi connectivity index (χ1v) is 8.94. The van der Waals surface area contributed by atoms with E-state index in [1.807, 2.05) is 30.6 Å². The van der Waals surface area contributed by atoms with Gasteiger partial charge in [-0.25, -0.2) is 4.98 Å². The quantitative estimate of drug-likeness (QED) is 0.624. The van der Waals surface area contributed by atoms with E-state index in [9.17, 15) is 4.79 Å². The summed E-state index contributed by atoms with van der Waals surface area (Å²) in [5.41, 5.74) is 2.07. The van der Waals surface area contributed by atoms with Crippen LogP contribution in [0.25, 0.3) is 0 Å². The lowest BCUT2D eigenvalue weighted by Gasteiger charge is -2.17. The van der Waals surface area contributed by atoms with Crippen molar-refractivity contribution in [3.63, 3.8) is 0 Å². The maximum atomic E-state index is 11.3. The fourth-order valence-electron chi connectivity index (χ4n) is 2.54. The minimum Gasteiger partial charge on any atom is -0.494 e. The summed E-state index contributed by atoms with van der Waals surface area (Å²) in [5.74, 6) is 1.95. The Balaban J connectivity index is 1.43. The van der Waals surface area contributed by atoms with Crippen molar-refractivity contribution >= 4 is 23.4 Å². The molecule has 2 aromatic rings. The average Bonchev–Trinajstić information content (AvgIpc) is 3.02. The van der Waals surface area contributed by atoms with Crippen LogP contribution in [0.4, 0.5) is 5.69 Å². The van der Waals surface area contributed by atoms with Gasteiger partial charge in [-0.15, -0.1) is 0 Å². The fourth-order valence-corrected chi connectivity index (χ4v) is 3.47. The number of aryl methyl sites for hydroxylation is 2. The molecule has 2 heterocycles. The van der Waals surface area contributed by atoms with Gasteiger partial charge in [0, 0.05) is 36.8 Å². The van der Waals surface area contributed by atoms with Crippen molar-refractivity contribution in [3.8, 4) is 5.75 Å². The molecule has 1 N–H and O–H groups in total. The number of hydrogen-bond donors (Lipinski definition) is 1. The first kappa shape index (κ1) is 15.9. The van der Waals surface area contributed by atoms with E-state index in [0.29, 0.717) is 13.0 Å². The number of nitrogens with zero attached hydrogens (tertiary/aromatic N) is 2. The second kappa shape index (κ2) is 7.55. The van der Waals surface area contributed by atoms with Crippen LogP contribution in [0.1, 0.15) is 25.3 Å². The summed E-state index contributed by atoms with van der Waals surface area (Å²) in [5, 5.41) is 3.95. The number of anilines is 1. The summed E-state index contributed by atoms with van der Waals surface area (Å²) in [6, 6.07) is 5.88. The average molecular weight is 331 g/mol. The molecule has 0 radical (unpaired) electrons. The highest BCUT2D eigenvalue weighted by Crippen LogP contribution is 2.27. The van der Waals surface area contributed by atoms with Crippen molar-refractivity contribution in [2.75, 3.05) is 17.7 Å². The Bertz CT molecular complexity index is 684. The van der Waals surface area contributed by atoms with Gasteiger partial charge in [0.15, 0.2) is 5.16 Å². The maximum absolute atomic E-state index is 11.3. The van der Waals surface area contributed by atoms with Gasteiger partial charge >= 0.3 is 0 Å². The normalized spacial score (nSPS) is 13.5. The Morgan fingerprint density at radius 2 is 2.30 bits per heavy atom. The van der Waals surface area contributed by atoms with Crippen molar-refractivity contribution < 1.29 is 9.53 Å². The van der Waals surface area contributed by atoms with Gasteiger partial charge < -0.3 is 14.6 Å². The Hall–Kier alpha value is -1.95. The van der Waals surface area contributed by atoms with E-state index < -0.39 is 0 Å². The van der Waals surface area contributed by atoms with Crippen LogP contribution in [-0.4, -0.2) is 27.8 Å². The van der Waals surface area contributed by atoms with Crippen molar-refractivity contribution in [2.45, 2.75) is 37.9 Å². The molecule has 0 saturated heterocycles. The van der Waals surface area contributed by atoms with E-state index in [2.05, 4.69) is 21.8 Å². The molecular formula is C17H21N3O2S. The van der Waals surface area contributed by atoms with Crippen LogP contribution in [0.2, 0.25) is 0 Å². The fraction of sp³-hybridized carbons (Fsp3) is 0.412. The topological polar surface area (TPSA) is 56.2 Å². The lowest BCUT2D eigenvalue weighted by molar-refractivity contribution is -0.116. The summed E-state index contributed by atoms with van der Waals surface area (Å²) < 4.78 is 7.96. The summed E-state index contributed by atoms with van der Waals surface area (Å²) in [6.45, 7) is 3.75. The number of carbonyl (C=O) groups is 1. The van der Waals surface area contributed by atoms with Crippen LogP contribution < -0.4 is 10.1 Å². The van der Waals surface area contributed by atoms with Gasteiger partial charge in [-0.05, 0) is 43.5 Å². The molecule has 1 aliphatic heterocycles. The molecule has 3 rings (SSSR count). The molecule has 1 aliphatic rings. The number of rotatable bonds is 7. The predicted octanol–water partition coefficient (Wildman–Crippen LogP) is 3.35. The molecule has 0 spiro atoms. The highest BCUT2D eigenvalue weighted by molar-refractivity contribution is 7.99. The van der Waals surface area contributed by atoms with Gasteiger partial charge in [0.1, 0.15) is 5.75 Å². The molecule has 0 saturated carbocycles. The number of fused-ring (bicyclic) bond motifs is 1. The molecule has 1 aromatic heterocycles. The molecule has 0 aliphatic carbocycles. The van der Waals surface area contributed by atoms with Crippen LogP contribution in [0.3, 0.4) is 0 Å². The second-order valence-corrected chi connectivity index (χ2v) is 6.48. The van der Waals surface area contributed by atoms with Crippen molar-refractivity contribution in [1.82, 2.24) is 9.55 Å². The molecule has 23 heavy (non-hydrogen) atoms. The lowest BCUT2D eigenvalue weighted by Crippen LogP contribution is -2.18. The van der Waals surface area contributed by atoms with Gasteiger partial charge in [-0.2, -0.15) is 0 Å². The third-order valence-electron chi connectivity index (χ3n) is 3.78. The Morgan fingerprint density at radius 3 is 3.17 bits per heavy atom. The third-order valence-corrected chi connectivity index (χ3v) is 4.87. The number of amides is 1. The predicted molar refractivity (Wildman–Crippen MR) is 92.1 cm³/mol. The van der Waals surface area contributed by atoms with E-state index in [1.165, 1.54) is 0 Å². The molecule has 0 bridgehead atoms. The monoisotopic (exact) mass is 331 g/mol. The molecule has 1 aromatic carbocycles. The third kappa shape index (κ3) is 4.07. The minimum atomic E-state index is 0.0913. The maximum Gasteiger partial charge on any atom is 0.224 e. The number of ether oxygens (including phenoxy) is 1. The molecule has 0 unspecified atom stereocenters. The van der Waals surface area contributed by atoms with E-state index >= 15 is 0 Å². The van der Waals surface area contributed by atoms with Crippen molar-refractivity contribution in [3.05, 3.63) is 36.2 Å². The van der Waals surface area contributed by atoms with Crippen molar-refractivity contribution in [1.29, 1.82) is 0 Å². The molecule has 1 amide bonds. The standard InChI is InChI=1S/C17H21N3O2S/c1-2-20-9-8-18-17(20)23-11-3-10-22-14-5-6-15-13(12-14)4-7-16(21)19-15/h5-6,8-9,12H,2-4,7,10-11H2,1H3,(H,19,21). The number of nitrogens with one attached hydrogen (secondary N) is 1. The number of imidazole rings is 1. The van der Waals surface area contributed by atoms with E-state index in [-0.39, 0.29) is 5.91 Å². The second-order valence-electron chi connectivity index (χ2n) is 5.41. The summed E-state index contributed by atoms with van der Waals surface area (Å²) in [6.07, 6.45) is 6.15. The first-order chi connectivity index (χ1) is 11.3.